The molecule has 5 heteroatoms. The number of allylic oxidation sites excluding steroid dienone is 1. The second kappa shape index (κ2) is 9.79. The summed E-state index contributed by atoms with van der Waals surface area (Å²) in [7, 11) is 0. The summed E-state index contributed by atoms with van der Waals surface area (Å²) in [6.45, 7) is 7.20. The number of unbranched alkanes of at least 4 members (excludes halogenated alkanes) is 1. The number of rotatable bonds is 8. The van der Waals surface area contributed by atoms with E-state index < -0.39 is 0 Å². The van der Waals surface area contributed by atoms with Crippen molar-refractivity contribution >= 4 is 38.4 Å². The summed E-state index contributed by atoms with van der Waals surface area (Å²) in [5.74, 6) is 0.630. The highest BCUT2D eigenvalue weighted by molar-refractivity contribution is 9.10. The lowest BCUT2D eigenvalue weighted by Crippen LogP contribution is -2.22. The van der Waals surface area contributed by atoms with Crippen LogP contribution in [-0.2, 0) is 4.79 Å². The second-order valence-electron chi connectivity index (χ2n) is 6.91. The topological polar surface area (TPSA) is 51.5 Å². The first-order chi connectivity index (χ1) is 14.0. The number of benzene rings is 2. The highest BCUT2D eigenvalue weighted by atomic mass is 79.9. The summed E-state index contributed by atoms with van der Waals surface area (Å²) in [4.78, 5) is 12.3. The Kier molecular flexibility index (Phi) is 7.15. The predicted octanol–water partition coefficient (Wildman–Crippen LogP) is 6.58. The number of carbonyl (C=O) groups excluding carboxylic acids is 1. The molecule has 3 rings (SSSR count). The first-order valence-electron chi connectivity index (χ1n) is 9.94. The first-order valence-corrected chi connectivity index (χ1v) is 10.7. The molecule has 29 heavy (non-hydrogen) atoms. The minimum atomic E-state index is -0.0844. The number of halogens is 1. The molecule has 1 heterocycles. The van der Waals surface area contributed by atoms with Crippen molar-refractivity contribution in [2.24, 2.45) is 0 Å². The zero-order valence-electron chi connectivity index (χ0n) is 17.0. The monoisotopic (exact) mass is 455 g/mol. The van der Waals surface area contributed by atoms with Gasteiger partial charge < -0.3 is 14.5 Å². The number of fused-ring (bicyclic) bond motifs is 1. The molecule has 1 N–H and O–H groups in total. The predicted molar refractivity (Wildman–Crippen MR) is 122 cm³/mol. The van der Waals surface area contributed by atoms with Gasteiger partial charge >= 0.3 is 0 Å². The lowest BCUT2D eigenvalue weighted by molar-refractivity contribution is -0.116. The van der Waals surface area contributed by atoms with Gasteiger partial charge in [0.05, 0.1) is 12.9 Å². The molecule has 1 amide bonds. The van der Waals surface area contributed by atoms with Crippen molar-refractivity contribution in [2.75, 3.05) is 13.2 Å². The third-order valence-electron chi connectivity index (χ3n) is 4.73. The van der Waals surface area contributed by atoms with Crippen LogP contribution < -0.4 is 10.1 Å². The molecular formula is C24H26BrNO3. The van der Waals surface area contributed by atoms with Crippen LogP contribution in [0.5, 0.6) is 5.75 Å². The molecule has 0 unspecified atom stereocenters. The molecular weight excluding hydrogens is 430 g/mol. The molecule has 4 nitrogen and oxygen atoms in total. The minimum absolute atomic E-state index is 0.0844. The van der Waals surface area contributed by atoms with Crippen LogP contribution in [0.1, 0.15) is 39.2 Å². The van der Waals surface area contributed by atoms with Crippen LogP contribution in [0.4, 0.5) is 0 Å². The molecule has 0 aliphatic carbocycles. The molecule has 0 atom stereocenters. The van der Waals surface area contributed by atoms with E-state index in [-0.39, 0.29) is 5.91 Å². The Morgan fingerprint density at radius 2 is 1.97 bits per heavy atom. The molecule has 152 valence electrons. The highest BCUT2D eigenvalue weighted by Gasteiger charge is 2.15. The number of hydrogen-bond acceptors (Lipinski definition) is 3. The second-order valence-corrected chi connectivity index (χ2v) is 7.82. The third-order valence-corrected chi connectivity index (χ3v) is 5.26. The van der Waals surface area contributed by atoms with Crippen LogP contribution >= 0.6 is 15.9 Å². The van der Waals surface area contributed by atoms with E-state index in [0.29, 0.717) is 18.9 Å². The average molecular weight is 456 g/mol. The van der Waals surface area contributed by atoms with Crippen molar-refractivity contribution in [1.82, 2.24) is 5.32 Å². The zero-order chi connectivity index (χ0) is 20.8. The van der Waals surface area contributed by atoms with Crippen LogP contribution in [0.3, 0.4) is 0 Å². The summed E-state index contributed by atoms with van der Waals surface area (Å²) in [5, 5.41) is 3.92. The van der Waals surface area contributed by atoms with Gasteiger partial charge in [0.25, 0.3) is 0 Å². The summed E-state index contributed by atoms with van der Waals surface area (Å²) in [6.07, 6.45) is 5.43. The quantitative estimate of drug-likeness (QED) is 0.308. The van der Waals surface area contributed by atoms with Gasteiger partial charge in [0.1, 0.15) is 11.3 Å². The van der Waals surface area contributed by atoms with E-state index in [1.807, 2.05) is 50.2 Å². The molecule has 3 aromatic rings. The van der Waals surface area contributed by atoms with Gasteiger partial charge in [-0.15, -0.1) is 0 Å². The van der Waals surface area contributed by atoms with E-state index in [9.17, 15) is 4.79 Å². The Bertz CT molecular complexity index is 1020. The van der Waals surface area contributed by atoms with Crippen molar-refractivity contribution in [3.8, 4) is 16.9 Å². The molecule has 0 aliphatic rings. The first kappa shape index (κ1) is 21.2. The van der Waals surface area contributed by atoms with Gasteiger partial charge in [-0.25, -0.2) is 0 Å². The number of carbonyl (C=O) groups is 1. The van der Waals surface area contributed by atoms with Crippen molar-refractivity contribution in [1.29, 1.82) is 0 Å². The maximum Gasteiger partial charge on any atom is 0.244 e. The third kappa shape index (κ3) is 5.10. The summed E-state index contributed by atoms with van der Waals surface area (Å²) in [5.41, 5.74) is 4.59. The lowest BCUT2D eigenvalue weighted by atomic mass is 9.99. The lowest BCUT2D eigenvalue weighted by Gasteiger charge is -2.12. The fourth-order valence-corrected chi connectivity index (χ4v) is 3.47. The number of furan rings is 1. The molecule has 0 radical (unpaired) electrons. The Labute approximate surface area is 180 Å². The van der Waals surface area contributed by atoms with Gasteiger partial charge in [-0.3, -0.25) is 4.79 Å². The normalized spacial score (nSPS) is 11.7. The maximum absolute atomic E-state index is 12.3. The zero-order valence-corrected chi connectivity index (χ0v) is 18.6. The van der Waals surface area contributed by atoms with Crippen molar-refractivity contribution in [2.45, 2.75) is 33.6 Å². The van der Waals surface area contributed by atoms with Gasteiger partial charge in [0.15, 0.2) is 0 Å². The van der Waals surface area contributed by atoms with Gasteiger partial charge in [-0.05, 0) is 49.6 Å². The van der Waals surface area contributed by atoms with E-state index in [2.05, 4.69) is 28.2 Å². The largest absolute Gasteiger partial charge is 0.493 e. The summed E-state index contributed by atoms with van der Waals surface area (Å²) < 4.78 is 12.7. The number of ether oxygens (including phenoxy) is 1. The maximum atomic E-state index is 12.3. The molecule has 1 aromatic heterocycles. The fourth-order valence-electron chi connectivity index (χ4n) is 3.20. The van der Waals surface area contributed by atoms with Gasteiger partial charge in [-0.2, -0.15) is 0 Å². The van der Waals surface area contributed by atoms with Crippen LogP contribution in [-0.4, -0.2) is 19.1 Å². The molecule has 0 saturated carbocycles. The summed E-state index contributed by atoms with van der Waals surface area (Å²) in [6, 6.07) is 12.1. The molecule has 0 fully saturated rings. The van der Waals surface area contributed by atoms with Crippen LogP contribution in [0.25, 0.3) is 27.7 Å². The average Bonchev–Trinajstić information content (AvgIpc) is 3.11. The Morgan fingerprint density at radius 3 is 2.66 bits per heavy atom. The Balaban J connectivity index is 2.02. The van der Waals surface area contributed by atoms with Gasteiger partial charge in [0, 0.05) is 39.7 Å². The van der Waals surface area contributed by atoms with Crippen LogP contribution in [0.15, 0.2) is 57.6 Å². The fraction of sp³-hybridized carbons (Fsp3) is 0.292. The highest BCUT2D eigenvalue weighted by Crippen LogP contribution is 2.37. The van der Waals surface area contributed by atoms with Gasteiger partial charge in [-0.1, -0.05) is 41.4 Å². The Hall–Kier alpha value is -2.53. The number of hydrogen-bond donors (Lipinski definition) is 1. The number of amides is 1. The van der Waals surface area contributed by atoms with E-state index in [1.54, 1.807) is 12.3 Å². The summed E-state index contributed by atoms with van der Waals surface area (Å²) >= 11 is 3.48. The van der Waals surface area contributed by atoms with E-state index >= 15 is 0 Å². The smallest absolute Gasteiger partial charge is 0.244 e. The van der Waals surface area contributed by atoms with E-state index in [4.69, 9.17) is 9.15 Å². The van der Waals surface area contributed by atoms with Gasteiger partial charge in [0.2, 0.25) is 5.91 Å². The molecule has 2 aromatic carbocycles. The minimum Gasteiger partial charge on any atom is -0.493 e. The van der Waals surface area contributed by atoms with Crippen LogP contribution in [0.2, 0.25) is 0 Å². The van der Waals surface area contributed by atoms with E-state index in [1.165, 1.54) is 0 Å². The SMILES string of the molecule is CCCCNC(=O)/C=C(\C)c1cc2c(-c3ccc(Br)cc3)coc2cc1OCC. The standard InChI is InChI=1S/C24H26BrNO3/c1-4-6-11-26-24(27)12-16(3)19-13-20-21(17-7-9-18(25)10-8-17)15-29-23(20)14-22(19)28-5-2/h7-10,12-15H,4-6,11H2,1-3H3,(H,26,27)/b16-12+. The Morgan fingerprint density at radius 1 is 1.21 bits per heavy atom. The van der Waals surface area contributed by atoms with Crippen molar-refractivity contribution < 1.29 is 13.9 Å². The van der Waals surface area contributed by atoms with Crippen LogP contribution in [0, 0.1) is 0 Å². The van der Waals surface area contributed by atoms with Crippen molar-refractivity contribution in [3.63, 3.8) is 0 Å². The van der Waals surface area contributed by atoms with E-state index in [0.717, 1.165) is 50.5 Å². The molecule has 0 aliphatic heterocycles. The number of nitrogens with one attached hydrogen (secondary N) is 1. The molecule has 0 spiro atoms. The molecule has 0 bridgehead atoms. The molecule has 0 saturated heterocycles. The van der Waals surface area contributed by atoms with Crippen molar-refractivity contribution in [3.05, 3.63) is 58.8 Å².